The van der Waals surface area contributed by atoms with Crippen molar-refractivity contribution in [1.29, 1.82) is 0 Å². The molecule has 0 unspecified atom stereocenters. The molecule has 8 heteroatoms. The van der Waals surface area contributed by atoms with E-state index in [1.165, 1.54) is 19.1 Å². The summed E-state index contributed by atoms with van der Waals surface area (Å²) >= 11 is 0. The van der Waals surface area contributed by atoms with E-state index in [0.717, 1.165) is 5.56 Å². The Morgan fingerprint density at radius 1 is 1.07 bits per heavy atom. The Hall–Kier alpha value is -3.26. The van der Waals surface area contributed by atoms with E-state index in [9.17, 15) is 29.0 Å². The van der Waals surface area contributed by atoms with E-state index in [2.05, 4.69) is 5.32 Å². The molecule has 0 bridgehead atoms. The monoisotopic (exact) mass is 403 g/mol. The molecule has 0 saturated heterocycles. The predicted octanol–water partition coefficient (Wildman–Crippen LogP) is 2.08. The number of benzene rings is 2. The van der Waals surface area contributed by atoms with Gasteiger partial charge < -0.3 is 20.6 Å². The highest BCUT2D eigenvalue weighted by Gasteiger charge is 2.36. The van der Waals surface area contributed by atoms with Gasteiger partial charge >= 0.3 is 17.8 Å². The fourth-order valence-electron chi connectivity index (χ4n) is 2.97. The van der Waals surface area contributed by atoms with E-state index < -0.39 is 35.9 Å². The quantitative estimate of drug-likeness (QED) is 0.501. The number of aliphatic carboxylic acids is 2. The number of carbonyl (C=O) groups is 3. The summed E-state index contributed by atoms with van der Waals surface area (Å²) in [4.78, 5) is 33.9. The van der Waals surface area contributed by atoms with Crippen molar-refractivity contribution < 1.29 is 34.1 Å². The first-order chi connectivity index (χ1) is 13.6. The molecule has 0 aromatic heterocycles. The molecule has 0 heterocycles. The van der Waals surface area contributed by atoms with Gasteiger partial charge in [0.05, 0.1) is 12.0 Å². The second kappa shape index (κ2) is 9.29. The summed E-state index contributed by atoms with van der Waals surface area (Å²) in [7, 11) is 0. The lowest BCUT2D eigenvalue weighted by atomic mass is 9.82. The van der Waals surface area contributed by atoms with Crippen LogP contribution < -0.4 is 5.32 Å². The van der Waals surface area contributed by atoms with Gasteiger partial charge in [-0.25, -0.2) is 9.18 Å². The Morgan fingerprint density at radius 2 is 1.72 bits per heavy atom. The van der Waals surface area contributed by atoms with Crippen molar-refractivity contribution in [2.45, 2.75) is 25.8 Å². The number of halogens is 1. The number of aliphatic hydroxyl groups is 1. The van der Waals surface area contributed by atoms with Crippen LogP contribution in [0.5, 0.6) is 0 Å². The SMILES string of the molecule is C[C@@](CO)(C[C@@H](Cc1ccc(-c2cccc(F)c2)cc1)NC(=O)C(=O)O)C(=O)O. The average molecular weight is 403 g/mol. The minimum atomic E-state index is -1.68. The second-order valence-corrected chi connectivity index (χ2v) is 7.11. The third-order valence-electron chi connectivity index (χ3n) is 4.69. The Labute approximate surface area is 166 Å². The molecular weight excluding hydrogens is 381 g/mol. The van der Waals surface area contributed by atoms with Crippen LogP contribution in [0.4, 0.5) is 4.39 Å². The lowest BCUT2D eigenvalue weighted by Gasteiger charge is -2.28. The van der Waals surface area contributed by atoms with E-state index in [0.29, 0.717) is 11.1 Å². The number of nitrogens with one attached hydrogen (secondary N) is 1. The normalized spacial score (nSPS) is 13.9. The molecule has 29 heavy (non-hydrogen) atoms. The number of hydrogen-bond donors (Lipinski definition) is 4. The van der Waals surface area contributed by atoms with Gasteiger partial charge in [0.25, 0.3) is 0 Å². The van der Waals surface area contributed by atoms with Crippen LogP contribution in [0, 0.1) is 11.2 Å². The van der Waals surface area contributed by atoms with Crippen molar-refractivity contribution in [2.75, 3.05) is 6.61 Å². The molecule has 2 aromatic rings. The summed E-state index contributed by atoms with van der Waals surface area (Å²) in [5, 5.41) is 30.0. The first-order valence-electron chi connectivity index (χ1n) is 8.87. The van der Waals surface area contributed by atoms with Gasteiger partial charge in [-0.2, -0.15) is 0 Å². The van der Waals surface area contributed by atoms with E-state index in [-0.39, 0.29) is 18.7 Å². The Bertz CT molecular complexity index is 898. The third-order valence-corrected chi connectivity index (χ3v) is 4.69. The molecule has 2 aromatic carbocycles. The van der Waals surface area contributed by atoms with Gasteiger partial charge in [0.15, 0.2) is 0 Å². The summed E-state index contributed by atoms with van der Waals surface area (Å²) in [6.45, 7) is 0.655. The maximum Gasteiger partial charge on any atom is 0.394 e. The average Bonchev–Trinajstić information content (AvgIpc) is 2.68. The highest BCUT2D eigenvalue weighted by Crippen LogP contribution is 2.26. The van der Waals surface area contributed by atoms with E-state index in [1.54, 1.807) is 36.4 Å². The smallest absolute Gasteiger partial charge is 0.394 e. The summed E-state index contributed by atoms with van der Waals surface area (Å²) in [6.07, 6.45) is -0.00514. The van der Waals surface area contributed by atoms with Crippen LogP contribution in [-0.2, 0) is 20.8 Å². The van der Waals surface area contributed by atoms with Gasteiger partial charge in [-0.05, 0) is 48.6 Å². The largest absolute Gasteiger partial charge is 0.481 e. The van der Waals surface area contributed by atoms with Gasteiger partial charge in [0.1, 0.15) is 5.82 Å². The van der Waals surface area contributed by atoms with Crippen LogP contribution in [0.1, 0.15) is 18.9 Å². The molecule has 2 rings (SSSR count). The number of rotatable bonds is 8. The molecular formula is C21H22FNO6. The topological polar surface area (TPSA) is 124 Å². The van der Waals surface area contributed by atoms with E-state index >= 15 is 0 Å². The fraction of sp³-hybridized carbons (Fsp3) is 0.286. The molecule has 1 amide bonds. The van der Waals surface area contributed by atoms with Crippen LogP contribution in [0.2, 0.25) is 0 Å². The maximum absolute atomic E-state index is 13.4. The van der Waals surface area contributed by atoms with Crippen molar-refractivity contribution >= 4 is 17.8 Å². The highest BCUT2D eigenvalue weighted by molar-refractivity contribution is 6.31. The Morgan fingerprint density at radius 3 is 2.24 bits per heavy atom. The molecule has 0 radical (unpaired) electrons. The lowest BCUT2D eigenvalue weighted by molar-refractivity contribution is -0.152. The first kappa shape index (κ1) is 22.0. The molecule has 0 spiro atoms. The van der Waals surface area contributed by atoms with Crippen LogP contribution >= 0.6 is 0 Å². The van der Waals surface area contributed by atoms with Crippen molar-refractivity contribution in [2.24, 2.45) is 5.41 Å². The Balaban J connectivity index is 2.22. The highest BCUT2D eigenvalue weighted by atomic mass is 19.1. The molecule has 7 nitrogen and oxygen atoms in total. The zero-order chi connectivity index (χ0) is 21.6. The number of carboxylic acid groups (broad SMARTS) is 2. The minimum absolute atomic E-state index is 0.158. The van der Waals surface area contributed by atoms with Crippen molar-refractivity contribution in [1.82, 2.24) is 5.32 Å². The number of carboxylic acids is 2. The first-order valence-corrected chi connectivity index (χ1v) is 8.87. The standard InChI is InChI=1S/C21H22FNO6/c1-21(12-24,20(28)29)11-17(23-18(25)19(26)27)9-13-5-7-14(8-6-13)15-3-2-4-16(22)10-15/h2-8,10,17,24H,9,11-12H2,1H3,(H,23,25)(H,26,27)(H,28,29)/t17-,21+/m1/s1. The van der Waals surface area contributed by atoms with Crippen LogP contribution in [-0.4, -0.2) is 45.8 Å². The van der Waals surface area contributed by atoms with Crippen LogP contribution in [0.25, 0.3) is 11.1 Å². The zero-order valence-electron chi connectivity index (χ0n) is 15.8. The summed E-state index contributed by atoms with van der Waals surface area (Å²) in [6, 6.07) is 12.2. The number of hydrogen-bond acceptors (Lipinski definition) is 4. The van der Waals surface area contributed by atoms with Gasteiger partial charge in [0.2, 0.25) is 0 Å². The molecule has 0 saturated carbocycles. The van der Waals surface area contributed by atoms with Crippen molar-refractivity contribution in [3.63, 3.8) is 0 Å². The molecule has 154 valence electrons. The van der Waals surface area contributed by atoms with E-state index in [4.69, 9.17) is 5.11 Å². The molecule has 2 atom stereocenters. The van der Waals surface area contributed by atoms with Crippen molar-refractivity contribution in [3.05, 3.63) is 59.9 Å². The zero-order valence-corrected chi connectivity index (χ0v) is 15.8. The summed E-state index contributed by atoms with van der Waals surface area (Å²) in [5.41, 5.74) is 0.625. The van der Waals surface area contributed by atoms with Crippen LogP contribution in [0.15, 0.2) is 48.5 Å². The minimum Gasteiger partial charge on any atom is -0.481 e. The summed E-state index contributed by atoms with van der Waals surface area (Å²) in [5.74, 6) is -4.55. The van der Waals surface area contributed by atoms with Gasteiger partial charge in [0, 0.05) is 6.04 Å². The molecule has 0 aliphatic rings. The predicted molar refractivity (Wildman–Crippen MR) is 103 cm³/mol. The number of carbonyl (C=O) groups excluding carboxylic acids is 1. The number of amides is 1. The van der Waals surface area contributed by atoms with Crippen molar-refractivity contribution in [3.8, 4) is 11.1 Å². The van der Waals surface area contributed by atoms with Gasteiger partial charge in [-0.3, -0.25) is 9.59 Å². The molecule has 0 fully saturated rings. The molecule has 0 aliphatic heterocycles. The van der Waals surface area contributed by atoms with E-state index in [1.807, 2.05) is 0 Å². The van der Waals surface area contributed by atoms with Gasteiger partial charge in [-0.15, -0.1) is 0 Å². The summed E-state index contributed by atoms with van der Waals surface area (Å²) < 4.78 is 13.4. The molecule has 0 aliphatic carbocycles. The maximum atomic E-state index is 13.4. The number of aliphatic hydroxyl groups excluding tert-OH is 1. The molecule has 4 N–H and O–H groups in total. The van der Waals surface area contributed by atoms with Crippen LogP contribution in [0.3, 0.4) is 0 Å². The Kier molecular flexibility index (Phi) is 7.06. The third kappa shape index (κ3) is 5.86. The van der Waals surface area contributed by atoms with Gasteiger partial charge in [-0.1, -0.05) is 36.4 Å². The second-order valence-electron chi connectivity index (χ2n) is 7.11. The fourth-order valence-corrected chi connectivity index (χ4v) is 2.97. The lowest BCUT2D eigenvalue weighted by Crippen LogP contribution is -2.46.